The van der Waals surface area contributed by atoms with Gasteiger partial charge in [-0.1, -0.05) is 60.7 Å². The highest BCUT2D eigenvalue weighted by atomic mass is 16.5. The number of aromatic nitrogens is 3. The summed E-state index contributed by atoms with van der Waals surface area (Å²) in [7, 11) is 0. The van der Waals surface area contributed by atoms with Crippen LogP contribution in [0.15, 0.2) is 60.7 Å². The molecule has 0 aliphatic heterocycles. The number of hydrogen-bond donors (Lipinski definition) is 0. The zero-order chi connectivity index (χ0) is 15.9. The van der Waals surface area contributed by atoms with Gasteiger partial charge in [-0.05, 0) is 18.1 Å². The lowest BCUT2D eigenvalue weighted by Gasteiger charge is -2.08. The molecule has 5 heteroatoms. The summed E-state index contributed by atoms with van der Waals surface area (Å²) in [6, 6.07) is 20.3. The fourth-order valence-corrected chi connectivity index (χ4v) is 2.01. The van der Waals surface area contributed by atoms with E-state index in [1.165, 1.54) is 0 Å². The van der Waals surface area contributed by atoms with Crippen LogP contribution < -0.4 is 9.47 Å². The van der Waals surface area contributed by atoms with E-state index in [4.69, 9.17) is 9.47 Å². The van der Waals surface area contributed by atoms with Crippen LogP contribution in [-0.4, -0.2) is 15.0 Å². The van der Waals surface area contributed by atoms with Gasteiger partial charge in [0.2, 0.25) is 0 Å². The summed E-state index contributed by atoms with van der Waals surface area (Å²) < 4.78 is 11.2. The molecule has 0 amide bonds. The lowest BCUT2D eigenvalue weighted by atomic mass is 10.2. The van der Waals surface area contributed by atoms with Crippen molar-refractivity contribution in [1.29, 1.82) is 0 Å². The first-order valence-corrected chi connectivity index (χ1v) is 7.36. The van der Waals surface area contributed by atoms with Gasteiger partial charge in [0.15, 0.2) is 0 Å². The van der Waals surface area contributed by atoms with E-state index >= 15 is 0 Å². The number of nitrogens with zero attached hydrogens (tertiary/aromatic N) is 3. The van der Waals surface area contributed by atoms with Crippen LogP contribution in [0.3, 0.4) is 0 Å². The van der Waals surface area contributed by atoms with Gasteiger partial charge in [0, 0.05) is 0 Å². The van der Waals surface area contributed by atoms with Crippen molar-refractivity contribution >= 4 is 0 Å². The third kappa shape index (κ3) is 4.51. The van der Waals surface area contributed by atoms with Crippen LogP contribution >= 0.6 is 0 Å². The number of rotatable bonds is 6. The largest absolute Gasteiger partial charge is 0.458 e. The van der Waals surface area contributed by atoms with Crippen LogP contribution in [-0.2, 0) is 13.2 Å². The Labute approximate surface area is 135 Å². The molecule has 1 heterocycles. The van der Waals surface area contributed by atoms with E-state index in [2.05, 4.69) is 15.0 Å². The molecule has 0 N–H and O–H groups in total. The highest BCUT2D eigenvalue weighted by Gasteiger charge is 2.07. The van der Waals surface area contributed by atoms with Crippen molar-refractivity contribution < 1.29 is 9.47 Å². The molecule has 0 unspecified atom stereocenters. The first kappa shape index (κ1) is 15.0. The molecule has 0 radical (unpaired) electrons. The van der Waals surface area contributed by atoms with Crippen molar-refractivity contribution in [1.82, 2.24) is 15.0 Å². The van der Waals surface area contributed by atoms with Gasteiger partial charge in [-0.3, -0.25) is 0 Å². The van der Waals surface area contributed by atoms with Crippen molar-refractivity contribution in [2.24, 2.45) is 0 Å². The Morgan fingerprint density at radius 1 is 0.652 bits per heavy atom. The first-order valence-electron chi connectivity index (χ1n) is 7.36. The predicted octanol–water partition coefficient (Wildman–Crippen LogP) is 3.34. The van der Waals surface area contributed by atoms with Crippen LogP contribution in [0.25, 0.3) is 0 Å². The van der Waals surface area contributed by atoms with Gasteiger partial charge >= 0.3 is 12.0 Å². The zero-order valence-electron chi connectivity index (χ0n) is 12.8. The maximum absolute atomic E-state index is 5.62. The molecular weight excluding hydrogens is 290 g/mol. The second-order valence-corrected chi connectivity index (χ2v) is 5.00. The highest BCUT2D eigenvalue weighted by Crippen LogP contribution is 2.13. The average Bonchev–Trinajstić information content (AvgIpc) is 2.60. The van der Waals surface area contributed by atoms with Gasteiger partial charge in [-0.25, -0.2) is 0 Å². The summed E-state index contributed by atoms with van der Waals surface area (Å²) in [5.41, 5.74) is 2.11. The van der Waals surface area contributed by atoms with E-state index in [-0.39, 0.29) is 12.0 Å². The van der Waals surface area contributed by atoms with Crippen LogP contribution in [0, 0.1) is 6.92 Å². The molecule has 2 aromatic carbocycles. The first-order chi connectivity index (χ1) is 11.3. The Bertz CT molecular complexity index is 687. The molecule has 1 aromatic heterocycles. The van der Waals surface area contributed by atoms with Crippen molar-refractivity contribution in [3.05, 3.63) is 77.6 Å². The van der Waals surface area contributed by atoms with Gasteiger partial charge in [0.05, 0.1) is 0 Å². The number of ether oxygens (including phenoxy) is 2. The SMILES string of the molecule is Cc1nc(OCc2ccccc2)nc(OCc2ccccc2)n1. The lowest BCUT2D eigenvalue weighted by molar-refractivity contribution is 0.248. The minimum atomic E-state index is 0.268. The van der Waals surface area contributed by atoms with Crippen molar-refractivity contribution in [2.75, 3.05) is 0 Å². The molecule has 0 saturated heterocycles. The Kier molecular flexibility index (Phi) is 4.79. The van der Waals surface area contributed by atoms with Gasteiger partial charge in [-0.15, -0.1) is 4.98 Å². The van der Waals surface area contributed by atoms with Gasteiger partial charge in [0.1, 0.15) is 19.0 Å². The Hall–Kier alpha value is -2.95. The van der Waals surface area contributed by atoms with Gasteiger partial charge < -0.3 is 9.47 Å². The zero-order valence-corrected chi connectivity index (χ0v) is 12.8. The molecule has 0 fully saturated rings. The maximum atomic E-state index is 5.62. The maximum Gasteiger partial charge on any atom is 0.323 e. The summed E-state index contributed by atoms with van der Waals surface area (Å²) in [4.78, 5) is 12.6. The van der Waals surface area contributed by atoms with Crippen molar-refractivity contribution in [3.63, 3.8) is 0 Å². The minimum absolute atomic E-state index is 0.268. The smallest absolute Gasteiger partial charge is 0.323 e. The van der Waals surface area contributed by atoms with Crippen LogP contribution in [0.1, 0.15) is 17.0 Å². The molecule has 116 valence electrons. The third-order valence-corrected chi connectivity index (χ3v) is 3.13. The van der Waals surface area contributed by atoms with Gasteiger partial charge in [0.25, 0.3) is 0 Å². The standard InChI is InChI=1S/C18H17N3O2/c1-14-19-17(22-12-15-8-4-2-5-9-15)21-18(20-14)23-13-16-10-6-3-7-11-16/h2-11H,12-13H2,1H3. The van der Waals surface area contributed by atoms with Crippen LogP contribution in [0.4, 0.5) is 0 Å². The second kappa shape index (κ2) is 7.35. The Morgan fingerprint density at radius 2 is 1.09 bits per heavy atom. The molecule has 0 spiro atoms. The number of aryl methyl sites for hydroxylation is 1. The summed E-state index contributed by atoms with van der Waals surface area (Å²) in [5, 5.41) is 0. The molecule has 0 atom stereocenters. The molecule has 0 aliphatic rings. The summed E-state index contributed by atoms with van der Waals surface area (Å²) in [6.07, 6.45) is 0. The van der Waals surface area contributed by atoms with Crippen molar-refractivity contribution in [2.45, 2.75) is 20.1 Å². The minimum Gasteiger partial charge on any atom is -0.458 e. The van der Waals surface area contributed by atoms with Crippen LogP contribution in [0.5, 0.6) is 12.0 Å². The fraction of sp³-hybridized carbons (Fsp3) is 0.167. The van der Waals surface area contributed by atoms with E-state index in [0.29, 0.717) is 19.0 Å². The molecular formula is C18H17N3O2. The van der Waals surface area contributed by atoms with E-state index < -0.39 is 0 Å². The van der Waals surface area contributed by atoms with Crippen LogP contribution in [0.2, 0.25) is 0 Å². The normalized spacial score (nSPS) is 10.3. The number of hydrogen-bond acceptors (Lipinski definition) is 5. The molecule has 5 nitrogen and oxygen atoms in total. The fourth-order valence-electron chi connectivity index (χ4n) is 2.01. The summed E-state index contributed by atoms with van der Waals surface area (Å²) >= 11 is 0. The predicted molar refractivity (Wildman–Crippen MR) is 86.1 cm³/mol. The van der Waals surface area contributed by atoms with E-state index in [9.17, 15) is 0 Å². The molecule has 0 aliphatic carbocycles. The summed E-state index contributed by atoms with van der Waals surface area (Å²) in [6.45, 7) is 2.59. The highest BCUT2D eigenvalue weighted by molar-refractivity contribution is 5.16. The topological polar surface area (TPSA) is 57.1 Å². The van der Waals surface area contributed by atoms with E-state index in [1.54, 1.807) is 6.92 Å². The molecule has 23 heavy (non-hydrogen) atoms. The quantitative estimate of drug-likeness (QED) is 0.699. The Morgan fingerprint density at radius 3 is 1.52 bits per heavy atom. The second-order valence-electron chi connectivity index (χ2n) is 5.00. The number of benzene rings is 2. The lowest BCUT2D eigenvalue weighted by Crippen LogP contribution is -2.06. The average molecular weight is 307 g/mol. The summed E-state index contributed by atoms with van der Waals surface area (Å²) in [5.74, 6) is 0.561. The van der Waals surface area contributed by atoms with E-state index in [0.717, 1.165) is 11.1 Å². The molecule has 3 aromatic rings. The third-order valence-electron chi connectivity index (χ3n) is 3.13. The monoisotopic (exact) mass is 307 g/mol. The molecule has 0 bridgehead atoms. The van der Waals surface area contributed by atoms with Crippen molar-refractivity contribution in [3.8, 4) is 12.0 Å². The molecule has 0 saturated carbocycles. The van der Waals surface area contributed by atoms with E-state index in [1.807, 2.05) is 60.7 Å². The molecule has 3 rings (SSSR count). The Balaban J connectivity index is 1.64. The van der Waals surface area contributed by atoms with Gasteiger partial charge in [-0.2, -0.15) is 9.97 Å².